The molecule has 1 saturated heterocycles. The maximum atomic E-state index is 11.9. The lowest BCUT2D eigenvalue weighted by Crippen LogP contribution is -2.49. The molecule has 1 aliphatic heterocycles. The average Bonchev–Trinajstić information content (AvgIpc) is 2.41. The van der Waals surface area contributed by atoms with Crippen LogP contribution in [0.3, 0.4) is 0 Å². The molecule has 0 aliphatic carbocycles. The molecule has 0 bridgehead atoms. The predicted molar refractivity (Wildman–Crippen MR) is 69.3 cm³/mol. The van der Waals surface area contributed by atoms with E-state index >= 15 is 0 Å². The first-order chi connectivity index (χ1) is 8.79. The van der Waals surface area contributed by atoms with E-state index in [0.717, 1.165) is 13.1 Å². The van der Waals surface area contributed by atoms with E-state index in [-0.39, 0.29) is 6.09 Å². The molecule has 94 valence electrons. The number of piperazine rings is 1. The average molecular weight is 244 g/mol. The third kappa shape index (κ3) is 3.25. The number of hydrogen-bond donors (Lipinski definition) is 0. The van der Waals surface area contributed by atoms with Crippen LogP contribution in [-0.4, -0.2) is 48.6 Å². The molecule has 2 rings (SSSR count). The molecule has 4 nitrogen and oxygen atoms in total. The molecule has 1 aromatic rings. The van der Waals surface area contributed by atoms with E-state index in [1.54, 1.807) is 17.0 Å². The molecule has 4 heteroatoms. The summed E-state index contributed by atoms with van der Waals surface area (Å²) in [6.45, 7) is 3.56. The van der Waals surface area contributed by atoms with Gasteiger partial charge in [-0.25, -0.2) is 4.79 Å². The van der Waals surface area contributed by atoms with Crippen LogP contribution in [0, 0.1) is 12.3 Å². The lowest BCUT2D eigenvalue weighted by Gasteiger charge is -2.32. The molecule has 0 radical (unpaired) electrons. The van der Waals surface area contributed by atoms with Gasteiger partial charge in [-0.3, -0.25) is 4.90 Å². The standard InChI is InChI=1S/C14H16N2O2/c1-2-8-15-9-11-16(12-10-15)14(17)18-13-6-4-3-5-7-13/h1,3-7H,8-12H2. The molecule has 1 fully saturated rings. The van der Waals surface area contributed by atoms with Crippen LogP contribution < -0.4 is 4.74 Å². The number of carbonyl (C=O) groups is 1. The first kappa shape index (κ1) is 12.5. The summed E-state index contributed by atoms with van der Waals surface area (Å²) in [4.78, 5) is 15.7. The first-order valence-corrected chi connectivity index (χ1v) is 5.97. The topological polar surface area (TPSA) is 32.8 Å². The molecule has 0 spiro atoms. The van der Waals surface area contributed by atoms with Gasteiger partial charge in [0.15, 0.2) is 0 Å². The third-order valence-corrected chi connectivity index (χ3v) is 2.89. The van der Waals surface area contributed by atoms with Crippen molar-refractivity contribution < 1.29 is 9.53 Å². The number of benzene rings is 1. The van der Waals surface area contributed by atoms with Gasteiger partial charge in [0.2, 0.25) is 0 Å². The number of ether oxygens (including phenoxy) is 1. The van der Waals surface area contributed by atoms with Gasteiger partial charge in [0.25, 0.3) is 0 Å². The van der Waals surface area contributed by atoms with Crippen LogP contribution >= 0.6 is 0 Å². The Bertz CT molecular complexity index is 431. The van der Waals surface area contributed by atoms with Gasteiger partial charge in [0.05, 0.1) is 6.54 Å². The number of hydrogen-bond acceptors (Lipinski definition) is 3. The summed E-state index contributed by atoms with van der Waals surface area (Å²) in [5.74, 6) is 3.19. The second kappa shape index (κ2) is 6.08. The van der Waals surface area contributed by atoms with Gasteiger partial charge in [0, 0.05) is 26.2 Å². The summed E-state index contributed by atoms with van der Waals surface area (Å²) in [5.41, 5.74) is 0. The fraction of sp³-hybridized carbons (Fsp3) is 0.357. The minimum Gasteiger partial charge on any atom is -0.410 e. The van der Waals surface area contributed by atoms with E-state index in [1.807, 2.05) is 18.2 Å². The van der Waals surface area contributed by atoms with Crippen LogP contribution in [-0.2, 0) is 0 Å². The van der Waals surface area contributed by atoms with Gasteiger partial charge >= 0.3 is 6.09 Å². The Morgan fingerprint density at radius 1 is 1.22 bits per heavy atom. The number of para-hydroxylation sites is 1. The van der Waals surface area contributed by atoms with Crippen molar-refractivity contribution in [3.8, 4) is 18.1 Å². The van der Waals surface area contributed by atoms with Crippen LogP contribution in [0.25, 0.3) is 0 Å². The zero-order chi connectivity index (χ0) is 12.8. The second-order valence-corrected chi connectivity index (χ2v) is 4.15. The fourth-order valence-corrected chi connectivity index (χ4v) is 1.87. The van der Waals surface area contributed by atoms with Gasteiger partial charge in [0.1, 0.15) is 5.75 Å². The summed E-state index contributed by atoms with van der Waals surface area (Å²) >= 11 is 0. The van der Waals surface area contributed by atoms with Crippen LogP contribution in [0.2, 0.25) is 0 Å². The minimum absolute atomic E-state index is 0.290. The molecule has 1 aliphatic rings. The van der Waals surface area contributed by atoms with E-state index in [1.165, 1.54) is 0 Å². The van der Waals surface area contributed by atoms with Gasteiger partial charge < -0.3 is 9.64 Å². The largest absolute Gasteiger partial charge is 0.415 e. The van der Waals surface area contributed by atoms with Crippen molar-refractivity contribution in [2.45, 2.75) is 0 Å². The number of carbonyl (C=O) groups excluding carboxylic acids is 1. The van der Waals surface area contributed by atoms with E-state index in [9.17, 15) is 4.79 Å². The summed E-state index contributed by atoms with van der Waals surface area (Å²) in [7, 11) is 0. The molecular weight excluding hydrogens is 228 g/mol. The molecule has 0 saturated carbocycles. The highest BCUT2D eigenvalue weighted by molar-refractivity contribution is 5.70. The van der Waals surface area contributed by atoms with Crippen molar-refractivity contribution in [3.05, 3.63) is 30.3 Å². The number of terminal acetylenes is 1. The first-order valence-electron chi connectivity index (χ1n) is 5.97. The maximum Gasteiger partial charge on any atom is 0.415 e. The molecule has 0 aromatic heterocycles. The van der Waals surface area contributed by atoms with E-state index in [0.29, 0.717) is 25.4 Å². The Hall–Kier alpha value is -1.99. The Kier molecular flexibility index (Phi) is 4.21. The smallest absolute Gasteiger partial charge is 0.410 e. The Morgan fingerprint density at radius 2 is 1.89 bits per heavy atom. The Balaban J connectivity index is 1.83. The molecule has 1 amide bonds. The summed E-state index contributed by atoms with van der Waals surface area (Å²) in [6.07, 6.45) is 4.97. The Morgan fingerprint density at radius 3 is 2.50 bits per heavy atom. The van der Waals surface area contributed by atoms with Gasteiger partial charge in [-0.1, -0.05) is 24.1 Å². The highest BCUT2D eigenvalue weighted by Crippen LogP contribution is 2.11. The molecule has 0 atom stereocenters. The van der Waals surface area contributed by atoms with Crippen molar-refractivity contribution >= 4 is 6.09 Å². The van der Waals surface area contributed by atoms with E-state index in [4.69, 9.17) is 11.2 Å². The van der Waals surface area contributed by atoms with E-state index in [2.05, 4.69) is 10.8 Å². The monoisotopic (exact) mass is 244 g/mol. The molecule has 0 unspecified atom stereocenters. The van der Waals surface area contributed by atoms with Crippen LogP contribution in [0.5, 0.6) is 5.75 Å². The Labute approximate surface area is 107 Å². The van der Waals surface area contributed by atoms with Gasteiger partial charge in [-0.15, -0.1) is 6.42 Å². The molecule has 18 heavy (non-hydrogen) atoms. The zero-order valence-corrected chi connectivity index (χ0v) is 10.2. The van der Waals surface area contributed by atoms with Crippen molar-refractivity contribution in [3.63, 3.8) is 0 Å². The normalized spacial score (nSPS) is 16.1. The quantitative estimate of drug-likeness (QED) is 0.738. The third-order valence-electron chi connectivity index (χ3n) is 2.89. The van der Waals surface area contributed by atoms with Crippen molar-refractivity contribution in [2.24, 2.45) is 0 Å². The van der Waals surface area contributed by atoms with E-state index < -0.39 is 0 Å². The lowest BCUT2D eigenvalue weighted by atomic mass is 10.3. The second-order valence-electron chi connectivity index (χ2n) is 4.15. The fourth-order valence-electron chi connectivity index (χ4n) is 1.87. The molecule has 0 N–H and O–H groups in total. The maximum absolute atomic E-state index is 11.9. The zero-order valence-electron chi connectivity index (χ0n) is 10.2. The van der Waals surface area contributed by atoms with Crippen LogP contribution in [0.4, 0.5) is 4.79 Å². The highest BCUT2D eigenvalue weighted by atomic mass is 16.6. The molecular formula is C14H16N2O2. The lowest BCUT2D eigenvalue weighted by molar-refractivity contribution is 0.116. The number of amides is 1. The summed E-state index contributed by atoms with van der Waals surface area (Å²) in [5, 5.41) is 0. The summed E-state index contributed by atoms with van der Waals surface area (Å²) < 4.78 is 5.28. The highest BCUT2D eigenvalue weighted by Gasteiger charge is 2.21. The number of rotatable bonds is 2. The predicted octanol–water partition coefficient (Wildman–Crippen LogP) is 1.44. The summed E-state index contributed by atoms with van der Waals surface area (Å²) in [6, 6.07) is 9.11. The number of nitrogens with zero attached hydrogens (tertiary/aromatic N) is 2. The SMILES string of the molecule is C#CCN1CCN(C(=O)Oc2ccccc2)CC1. The van der Waals surface area contributed by atoms with Crippen molar-refractivity contribution in [1.82, 2.24) is 9.80 Å². The molecule has 1 aromatic carbocycles. The van der Waals surface area contributed by atoms with Crippen molar-refractivity contribution in [1.29, 1.82) is 0 Å². The van der Waals surface area contributed by atoms with Gasteiger partial charge in [-0.05, 0) is 12.1 Å². The van der Waals surface area contributed by atoms with Crippen molar-refractivity contribution in [2.75, 3.05) is 32.7 Å². The van der Waals surface area contributed by atoms with Crippen LogP contribution in [0.15, 0.2) is 30.3 Å². The van der Waals surface area contributed by atoms with Crippen LogP contribution in [0.1, 0.15) is 0 Å². The molecule has 1 heterocycles. The van der Waals surface area contributed by atoms with Gasteiger partial charge in [-0.2, -0.15) is 0 Å². The minimum atomic E-state index is -0.290.